The summed E-state index contributed by atoms with van der Waals surface area (Å²) in [6.45, 7) is 8.62. The van der Waals surface area contributed by atoms with Crippen LogP contribution < -0.4 is 5.32 Å². The van der Waals surface area contributed by atoms with Gasteiger partial charge in [-0.1, -0.05) is 19.9 Å². The van der Waals surface area contributed by atoms with Crippen molar-refractivity contribution in [3.63, 3.8) is 0 Å². The molecule has 3 nitrogen and oxygen atoms in total. The first-order valence-electron chi connectivity index (χ1n) is 6.76. The Bertz CT molecular complexity index is 337. The van der Waals surface area contributed by atoms with E-state index in [0.29, 0.717) is 6.04 Å². The maximum absolute atomic E-state index is 4.23. The van der Waals surface area contributed by atoms with Gasteiger partial charge >= 0.3 is 0 Å². The van der Waals surface area contributed by atoms with Crippen LogP contribution >= 0.6 is 0 Å². The third-order valence-electron chi connectivity index (χ3n) is 2.87. The molecule has 0 aromatic carbocycles. The van der Waals surface area contributed by atoms with Crippen molar-refractivity contribution in [2.45, 2.75) is 39.8 Å². The third-order valence-corrected chi connectivity index (χ3v) is 2.87. The van der Waals surface area contributed by atoms with Crippen LogP contribution in [-0.2, 0) is 6.54 Å². The molecule has 0 aliphatic heterocycles. The van der Waals surface area contributed by atoms with Crippen molar-refractivity contribution >= 4 is 0 Å². The number of likely N-dealkylation sites (N-methyl/N-ethyl adjacent to an activating group) is 1. The van der Waals surface area contributed by atoms with Gasteiger partial charge in [0.05, 0.1) is 0 Å². The Morgan fingerprint density at radius 2 is 2.00 bits per heavy atom. The van der Waals surface area contributed by atoms with Crippen molar-refractivity contribution < 1.29 is 0 Å². The molecule has 1 rings (SSSR count). The molecule has 0 aliphatic carbocycles. The van der Waals surface area contributed by atoms with E-state index in [9.17, 15) is 0 Å². The van der Waals surface area contributed by atoms with Crippen LogP contribution in [0.1, 0.15) is 31.4 Å². The lowest BCUT2D eigenvalue weighted by molar-refractivity contribution is 0.305. The van der Waals surface area contributed by atoms with Crippen molar-refractivity contribution in [2.24, 2.45) is 5.92 Å². The van der Waals surface area contributed by atoms with Gasteiger partial charge < -0.3 is 10.2 Å². The number of rotatable bonds is 7. The summed E-state index contributed by atoms with van der Waals surface area (Å²) < 4.78 is 0. The predicted molar refractivity (Wildman–Crippen MR) is 77.6 cm³/mol. The van der Waals surface area contributed by atoms with Crippen LogP contribution in [-0.4, -0.2) is 36.6 Å². The van der Waals surface area contributed by atoms with Crippen molar-refractivity contribution in [1.82, 2.24) is 15.2 Å². The number of nitrogens with one attached hydrogen (secondary N) is 1. The third kappa shape index (κ3) is 6.12. The molecule has 0 saturated heterocycles. The highest BCUT2D eigenvalue weighted by Crippen LogP contribution is 2.07. The largest absolute Gasteiger partial charge is 0.309 e. The monoisotopic (exact) mass is 249 g/mol. The molecule has 0 aliphatic rings. The maximum Gasteiger partial charge on any atom is 0.0313 e. The second-order valence-corrected chi connectivity index (χ2v) is 5.84. The summed E-state index contributed by atoms with van der Waals surface area (Å²) in [4.78, 5) is 6.48. The molecule has 0 saturated carbocycles. The fraction of sp³-hybridized carbons (Fsp3) is 0.667. The van der Waals surface area contributed by atoms with Gasteiger partial charge in [0, 0.05) is 31.5 Å². The van der Waals surface area contributed by atoms with E-state index < -0.39 is 0 Å². The summed E-state index contributed by atoms with van der Waals surface area (Å²) in [6, 6.07) is 2.74. The van der Waals surface area contributed by atoms with E-state index in [0.717, 1.165) is 19.0 Å². The van der Waals surface area contributed by atoms with Crippen LogP contribution in [0.2, 0.25) is 0 Å². The minimum Gasteiger partial charge on any atom is -0.309 e. The van der Waals surface area contributed by atoms with Crippen molar-refractivity contribution in [3.05, 3.63) is 29.6 Å². The topological polar surface area (TPSA) is 28.2 Å². The number of hydrogen-bond acceptors (Lipinski definition) is 3. The van der Waals surface area contributed by atoms with Crippen LogP contribution in [0.5, 0.6) is 0 Å². The normalized spacial score (nSPS) is 13.3. The highest BCUT2D eigenvalue weighted by Gasteiger charge is 2.11. The molecule has 1 unspecified atom stereocenters. The van der Waals surface area contributed by atoms with Crippen LogP contribution in [0.15, 0.2) is 18.5 Å². The van der Waals surface area contributed by atoms with Gasteiger partial charge in [0.2, 0.25) is 0 Å². The van der Waals surface area contributed by atoms with Crippen LogP contribution in [0, 0.1) is 12.8 Å². The Labute approximate surface area is 112 Å². The molecule has 1 aromatic heterocycles. The van der Waals surface area contributed by atoms with Gasteiger partial charge in [0.15, 0.2) is 0 Å². The maximum atomic E-state index is 4.23. The first kappa shape index (κ1) is 15.1. The van der Waals surface area contributed by atoms with Crippen molar-refractivity contribution in [3.8, 4) is 0 Å². The smallest absolute Gasteiger partial charge is 0.0313 e. The molecule has 18 heavy (non-hydrogen) atoms. The summed E-state index contributed by atoms with van der Waals surface area (Å²) in [5, 5.41) is 3.64. The molecular formula is C15H27N3. The minimum absolute atomic E-state index is 0.542. The van der Waals surface area contributed by atoms with E-state index in [2.05, 4.69) is 56.1 Å². The first-order chi connectivity index (χ1) is 8.47. The Morgan fingerprint density at radius 1 is 1.28 bits per heavy atom. The van der Waals surface area contributed by atoms with E-state index in [-0.39, 0.29) is 0 Å². The molecule has 0 radical (unpaired) electrons. The van der Waals surface area contributed by atoms with Crippen LogP contribution in [0.25, 0.3) is 0 Å². The SMILES string of the molecule is Cc1cncc(CNC(CC(C)C)CN(C)C)c1. The number of aromatic nitrogens is 1. The summed E-state index contributed by atoms with van der Waals surface area (Å²) in [7, 11) is 4.26. The second kappa shape index (κ2) is 7.49. The highest BCUT2D eigenvalue weighted by molar-refractivity contribution is 5.16. The average Bonchev–Trinajstić information content (AvgIpc) is 2.24. The molecule has 1 aromatic rings. The van der Waals surface area contributed by atoms with E-state index in [1.54, 1.807) is 0 Å². The highest BCUT2D eigenvalue weighted by atomic mass is 15.1. The molecule has 0 amide bonds. The lowest BCUT2D eigenvalue weighted by Crippen LogP contribution is -2.38. The molecule has 102 valence electrons. The molecule has 1 atom stereocenters. The summed E-state index contributed by atoms with van der Waals surface area (Å²) >= 11 is 0. The van der Waals surface area contributed by atoms with Crippen molar-refractivity contribution in [2.75, 3.05) is 20.6 Å². The lowest BCUT2D eigenvalue weighted by atomic mass is 10.0. The van der Waals surface area contributed by atoms with Gasteiger partial charge in [-0.3, -0.25) is 4.98 Å². The first-order valence-corrected chi connectivity index (χ1v) is 6.76. The fourth-order valence-corrected chi connectivity index (χ4v) is 2.21. The molecule has 0 fully saturated rings. The van der Waals surface area contributed by atoms with Gasteiger partial charge in [0.1, 0.15) is 0 Å². The van der Waals surface area contributed by atoms with Crippen LogP contribution in [0.3, 0.4) is 0 Å². The number of nitrogens with zero attached hydrogens (tertiary/aromatic N) is 2. The Kier molecular flexibility index (Phi) is 6.30. The Balaban J connectivity index is 2.50. The lowest BCUT2D eigenvalue weighted by Gasteiger charge is -2.24. The molecule has 0 spiro atoms. The number of aryl methyl sites for hydroxylation is 1. The Morgan fingerprint density at radius 3 is 2.56 bits per heavy atom. The molecule has 0 bridgehead atoms. The van der Waals surface area contributed by atoms with Gasteiger partial charge in [-0.25, -0.2) is 0 Å². The summed E-state index contributed by atoms with van der Waals surface area (Å²) in [5.74, 6) is 0.720. The van der Waals surface area contributed by atoms with Crippen molar-refractivity contribution in [1.29, 1.82) is 0 Å². The summed E-state index contributed by atoms with van der Waals surface area (Å²) in [5.41, 5.74) is 2.49. The van der Waals surface area contributed by atoms with E-state index in [1.165, 1.54) is 17.5 Å². The fourth-order valence-electron chi connectivity index (χ4n) is 2.21. The predicted octanol–water partition coefficient (Wildman–Crippen LogP) is 2.46. The van der Waals surface area contributed by atoms with E-state index in [4.69, 9.17) is 0 Å². The standard InChI is InChI=1S/C15H27N3/c1-12(2)6-15(11-18(4)5)17-10-14-7-13(3)8-16-9-14/h7-9,12,15,17H,6,10-11H2,1-5H3. The van der Waals surface area contributed by atoms with Gasteiger partial charge in [-0.05, 0) is 44.5 Å². The second-order valence-electron chi connectivity index (χ2n) is 5.84. The molecule has 3 heteroatoms. The minimum atomic E-state index is 0.542. The molecule has 1 N–H and O–H groups in total. The number of hydrogen-bond donors (Lipinski definition) is 1. The van der Waals surface area contributed by atoms with Crippen LogP contribution in [0.4, 0.5) is 0 Å². The van der Waals surface area contributed by atoms with Gasteiger partial charge in [0.25, 0.3) is 0 Å². The number of pyridine rings is 1. The van der Waals surface area contributed by atoms with E-state index in [1.807, 2.05) is 12.4 Å². The quantitative estimate of drug-likeness (QED) is 0.804. The Hall–Kier alpha value is -0.930. The summed E-state index contributed by atoms with van der Waals surface area (Å²) in [6.07, 6.45) is 5.05. The van der Waals surface area contributed by atoms with Gasteiger partial charge in [-0.15, -0.1) is 0 Å². The molecular weight excluding hydrogens is 222 g/mol. The zero-order valence-electron chi connectivity index (χ0n) is 12.4. The van der Waals surface area contributed by atoms with Gasteiger partial charge in [-0.2, -0.15) is 0 Å². The molecule has 1 heterocycles. The van der Waals surface area contributed by atoms with E-state index >= 15 is 0 Å². The zero-order valence-corrected chi connectivity index (χ0v) is 12.4. The average molecular weight is 249 g/mol. The zero-order chi connectivity index (χ0) is 13.5.